The predicted octanol–water partition coefficient (Wildman–Crippen LogP) is 4.53. The zero-order valence-electron chi connectivity index (χ0n) is 16.0. The SMILES string of the molecule is CN(C)Cc1ccc(CNC(=O)Nc2cccc(C#Cc3cccs3)c2)cc1. The molecule has 142 valence electrons. The van der Waals surface area contributed by atoms with Crippen molar-refractivity contribution in [3.63, 3.8) is 0 Å². The largest absolute Gasteiger partial charge is 0.334 e. The van der Waals surface area contributed by atoms with Crippen molar-refractivity contribution >= 4 is 23.1 Å². The van der Waals surface area contributed by atoms with Gasteiger partial charge in [0.15, 0.2) is 0 Å². The van der Waals surface area contributed by atoms with Gasteiger partial charge in [0, 0.05) is 24.3 Å². The molecule has 4 nitrogen and oxygen atoms in total. The number of benzene rings is 2. The maximum Gasteiger partial charge on any atom is 0.319 e. The number of hydrogen-bond acceptors (Lipinski definition) is 3. The van der Waals surface area contributed by atoms with Crippen molar-refractivity contribution in [2.24, 2.45) is 0 Å². The number of nitrogens with zero attached hydrogens (tertiary/aromatic N) is 1. The van der Waals surface area contributed by atoms with Crippen LogP contribution in [0, 0.1) is 11.8 Å². The molecule has 1 heterocycles. The van der Waals surface area contributed by atoms with E-state index in [0.29, 0.717) is 6.54 Å². The van der Waals surface area contributed by atoms with Gasteiger partial charge >= 0.3 is 6.03 Å². The van der Waals surface area contributed by atoms with Gasteiger partial charge in [0.1, 0.15) is 0 Å². The van der Waals surface area contributed by atoms with E-state index in [0.717, 1.165) is 28.2 Å². The third kappa shape index (κ3) is 6.27. The number of anilines is 1. The van der Waals surface area contributed by atoms with Crippen LogP contribution < -0.4 is 10.6 Å². The topological polar surface area (TPSA) is 44.4 Å². The van der Waals surface area contributed by atoms with E-state index < -0.39 is 0 Å². The van der Waals surface area contributed by atoms with Gasteiger partial charge in [-0.1, -0.05) is 48.2 Å². The van der Waals surface area contributed by atoms with Crippen LogP contribution in [0.1, 0.15) is 21.6 Å². The van der Waals surface area contributed by atoms with Crippen molar-refractivity contribution in [1.29, 1.82) is 0 Å². The molecule has 0 saturated heterocycles. The van der Waals surface area contributed by atoms with Gasteiger partial charge < -0.3 is 15.5 Å². The van der Waals surface area contributed by atoms with Crippen LogP contribution in [0.25, 0.3) is 0 Å². The molecule has 0 aliphatic heterocycles. The van der Waals surface area contributed by atoms with E-state index in [1.165, 1.54) is 5.56 Å². The average Bonchev–Trinajstić information content (AvgIpc) is 3.19. The fourth-order valence-electron chi connectivity index (χ4n) is 2.64. The second-order valence-corrected chi connectivity index (χ2v) is 7.62. The van der Waals surface area contributed by atoms with Crippen LogP contribution in [0.15, 0.2) is 66.0 Å². The molecule has 3 aromatic rings. The third-order valence-corrected chi connectivity index (χ3v) is 4.73. The van der Waals surface area contributed by atoms with Crippen molar-refractivity contribution in [3.05, 3.63) is 87.6 Å². The minimum atomic E-state index is -0.235. The first kappa shape index (κ1) is 19.7. The zero-order valence-corrected chi connectivity index (χ0v) is 16.8. The fourth-order valence-corrected chi connectivity index (χ4v) is 3.21. The van der Waals surface area contributed by atoms with Crippen LogP contribution in [-0.4, -0.2) is 25.0 Å². The van der Waals surface area contributed by atoms with Crippen LogP contribution in [0.5, 0.6) is 0 Å². The van der Waals surface area contributed by atoms with E-state index >= 15 is 0 Å². The highest BCUT2D eigenvalue weighted by Crippen LogP contribution is 2.11. The number of rotatable bonds is 5. The van der Waals surface area contributed by atoms with Crippen LogP contribution in [0.2, 0.25) is 0 Å². The van der Waals surface area contributed by atoms with Gasteiger partial charge in [-0.2, -0.15) is 0 Å². The Balaban J connectivity index is 1.52. The summed E-state index contributed by atoms with van der Waals surface area (Å²) in [6.45, 7) is 1.38. The molecule has 2 amide bonds. The third-order valence-electron chi connectivity index (χ3n) is 3.95. The Hall–Kier alpha value is -3.07. The Labute approximate surface area is 170 Å². The standard InChI is InChI=1S/C23H23N3OS/c1-26(2)17-20-10-8-19(9-11-20)16-24-23(27)25-21-6-3-5-18(15-21)12-13-22-7-4-14-28-22/h3-11,14-15H,16-17H2,1-2H3,(H2,24,25,27). The minimum Gasteiger partial charge on any atom is -0.334 e. The van der Waals surface area contributed by atoms with Crippen LogP contribution >= 0.6 is 11.3 Å². The lowest BCUT2D eigenvalue weighted by molar-refractivity contribution is 0.251. The molecule has 0 spiro atoms. The second-order valence-electron chi connectivity index (χ2n) is 6.67. The maximum absolute atomic E-state index is 12.2. The first-order valence-electron chi connectivity index (χ1n) is 9.01. The summed E-state index contributed by atoms with van der Waals surface area (Å²) in [6, 6.07) is 19.5. The van der Waals surface area contributed by atoms with Crippen LogP contribution in [0.3, 0.4) is 0 Å². The summed E-state index contributed by atoms with van der Waals surface area (Å²) < 4.78 is 0. The molecule has 0 fully saturated rings. The zero-order chi connectivity index (χ0) is 19.8. The molecule has 5 heteroatoms. The molecule has 1 aromatic heterocycles. The lowest BCUT2D eigenvalue weighted by Gasteiger charge is -2.11. The Morgan fingerprint density at radius 3 is 2.50 bits per heavy atom. The van der Waals surface area contributed by atoms with Gasteiger partial charge in [0.05, 0.1) is 4.88 Å². The molecule has 0 radical (unpaired) electrons. The smallest absolute Gasteiger partial charge is 0.319 e. The van der Waals surface area contributed by atoms with Gasteiger partial charge in [0.2, 0.25) is 0 Å². The fraction of sp³-hybridized carbons (Fsp3) is 0.174. The van der Waals surface area contributed by atoms with Gasteiger partial charge in [-0.05, 0) is 54.9 Å². The Morgan fingerprint density at radius 1 is 1.00 bits per heavy atom. The van der Waals surface area contributed by atoms with Crippen molar-refractivity contribution < 1.29 is 4.79 Å². The van der Waals surface area contributed by atoms with Gasteiger partial charge in [-0.25, -0.2) is 4.79 Å². The highest BCUT2D eigenvalue weighted by Gasteiger charge is 2.03. The highest BCUT2D eigenvalue weighted by molar-refractivity contribution is 7.10. The summed E-state index contributed by atoms with van der Waals surface area (Å²) in [6.07, 6.45) is 0. The highest BCUT2D eigenvalue weighted by atomic mass is 32.1. The maximum atomic E-state index is 12.2. The van der Waals surface area contributed by atoms with E-state index in [4.69, 9.17) is 0 Å². The van der Waals surface area contributed by atoms with Crippen molar-refractivity contribution in [1.82, 2.24) is 10.2 Å². The van der Waals surface area contributed by atoms with E-state index in [1.807, 2.05) is 68.0 Å². The molecule has 0 saturated carbocycles. The van der Waals surface area contributed by atoms with Gasteiger partial charge in [0.25, 0.3) is 0 Å². The molecular weight excluding hydrogens is 366 g/mol. The second kappa shape index (κ2) is 9.75. The van der Waals surface area contributed by atoms with E-state index in [2.05, 4.69) is 39.5 Å². The summed E-state index contributed by atoms with van der Waals surface area (Å²) in [5.41, 5.74) is 3.89. The van der Waals surface area contributed by atoms with Crippen LogP contribution in [0.4, 0.5) is 10.5 Å². The monoisotopic (exact) mass is 389 g/mol. The lowest BCUT2D eigenvalue weighted by Crippen LogP contribution is -2.28. The number of nitrogens with one attached hydrogen (secondary N) is 2. The molecule has 28 heavy (non-hydrogen) atoms. The summed E-state index contributed by atoms with van der Waals surface area (Å²) >= 11 is 1.61. The van der Waals surface area contributed by atoms with Crippen molar-refractivity contribution in [2.75, 3.05) is 19.4 Å². The Bertz CT molecular complexity index is 967. The van der Waals surface area contributed by atoms with E-state index in [9.17, 15) is 4.79 Å². The molecule has 0 unspecified atom stereocenters. The summed E-state index contributed by atoms with van der Waals surface area (Å²) in [5.74, 6) is 6.24. The number of hydrogen-bond donors (Lipinski definition) is 2. The van der Waals surface area contributed by atoms with Gasteiger partial charge in [-0.3, -0.25) is 0 Å². The van der Waals surface area contributed by atoms with E-state index in [-0.39, 0.29) is 6.03 Å². The number of urea groups is 1. The minimum absolute atomic E-state index is 0.235. The Morgan fingerprint density at radius 2 is 1.79 bits per heavy atom. The number of thiophene rings is 1. The Kier molecular flexibility index (Phi) is 6.85. The van der Waals surface area contributed by atoms with E-state index in [1.54, 1.807) is 11.3 Å². The molecule has 0 bridgehead atoms. The van der Waals surface area contributed by atoms with Crippen molar-refractivity contribution in [3.8, 4) is 11.8 Å². The average molecular weight is 390 g/mol. The van der Waals surface area contributed by atoms with Gasteiger partial charge in [-0.15, -0.1) is 11.3 Å². The lowest BCUT2D eigenvalue weighted by atomic mass is 10.1. The first-order valence-corrected chi connectivity index (χ1v) is 9.89. The van der Waals surface area contributed by atoms with Crippen molar-refractivity contribution in [2.45, 2.75) is 13.1 Å². The molecule has 0 aliphatic carbocycles. The molecule has 0 atom stereocenters. The number of carbonyl (C=O) groups excluding carboxylic acids is 1. The summed E-state index contributed by atoms with van der Waals surface area (Å²) in [7, 11) is 4.09. The molecular formula is C23H23N3OS. The quantitative estimate of drug-likeness (QED) is 0.630. The first-order chi connectivity index (χ1) is 13.6. The predicted molar refractivity (Wildman–Crippen MR) is 116 cm³/mol. The molecule has 2 aromatic carbocycles. The number of carbonyl (C=O) groups is 1. The summed E-state index contributed by atoms with van der Waals surface area (Å²) in [4.78, 5) is 15.3. The number of amides is 2. The molecule has 2 N–H and O–H groups in total. The molecule has 0 aliphatic rings. The normalized spacial score (nSPS) is 10.2. The summed E-state index contributed by atoms with van der Waals surface area (Å²) in [5, 5.41) is 7.75. The van der Waals surface area contributed by atoms with Crippen LogP contribution in [-0.2, 0) is 13.1 Å². The molecule has 3 rings (SSSR count).